The number of hydrogen-bond acceptors (Lipinski definition) is 3. The summed E-state index contributed by atoms with van der Waals surface area (Å²) in [6.45, 7) is 0. The standard InChI is InChI=1S/C11H6F3NO2/c1-17-11(16)5-2-3-15-10-8(5)6(12)4-7(13)9(10)14/h2-4H,1H3. The van der Waals surface area contributed by atoms with Crippen molar-refractivity contribution in [3.05, 3.63) is 41.3 Å². The lowest BCUT2D eigenvalue weighted by molar-refractivity contribution is 0.0602. The van der Waals surface area contributed by atoms with Crippen LogP contribution in [0.1, 0.15) is 10.4 Å². The predicted octanol–water partition coefficient (Wildman–Crippen LogP) is 2.44. The van der Waals surface area contributed by atoms with Gasteiger partial charge >= 0.3 is 5.97 Å². The van der Waals surface area contributed by atoms with Crippen LogP contribution in [0.2, 0.25) is 0 Å². The van der Waals surface area contributed by atoms with Crippen LogP contribution in [-0.2, 0) is 4.74 Å². The van der Waals surface area contributed by atoms with E-state index in [1.54, 1.807) is 0 Å². The highest BCUT2D eigenvalue weighted by Gasteiger charge is 2.19. The molecule has 1 aromatic carbocycles. The molecule has 0 saturated heterocycles. The van der Waals surface area contributed by atoms with Crippen LogP contribution in [0.4, 0.5) is 13.2 Å². The monoisotopic (exact) mass is 241 g/mol. The Morgan fingerprint density at radius 1 is 1.29 bits per heavy atom. The van der Waals surface area contributed by atoms with Gasteiger partial charge in [-0.1, -0.05) is 0 Å². The average Bonchev–Trinajstić information content (AvgIpc) is 2.34. The molecule has 3 nitrogen and oxygen atoms in total. The van der Waals surface area contributed by atoms with E-state index in [0.717, 1.165) is 13.3 Å². The van der Waals surface area contributed by atoms with E-state index >= 15 is 0 Å². The number of ether oxygens (including phenoxy) is 1. The van der Waals surface area contributed by atoms with Crippen molar-refractivity contribution >= 4 is 16.9 Å². The summed E-state index contributed by atoms with van der Waals surface area (Å²) in [6.07, 6.45) is 1.08. The van der Waals surface area contributed by atoms with Crippen LogP contribution in [0.3, 0.4) is 0 Å². The maximum absolute atomic E-state index is 13.5. The Labute approximate surface area is 93.8 Å². The van der Waals surface area contributed by atoms with Crippen LogP contribution in [0.25, 0.3) is 10.9 Å². The molecule has 2 aromatic rings. The molecule has 6 heteroatoms. The Bertz CT molecular complexity index is 613. The smallest absolute Gasteiger partial charge is 0.338 e. The van der Waals surface area contributed by atoms with E-state index in [-0.39, 0.29) is 5.56 Å². The van der Waals surface area contributed by atoms with Crippen molar-refractivity contribution in [3.63, 3.8) is 0 Å². The van der Waals surface area contributed by atoms with Crippen molar-refractivity contribution in [2.24, 2.45) is 0 Å². The topological polar surface area (TPSA) is 39.2 Å². The Hall–Kier alpha value is -2.11. The third kappa shape index (κ3) is 1.71. The molecule has 1 heterocycles. The van der Waals surface area contributed by atoms with E-state index < -0.39 is 34.3 Å². The van der Waals surface area contributed by atoms with Gasteiger partial charge in [0.25, 0.3) is 0 Å². The number of nitrogens with zero attached hydrogens (tertiary/aromatic N) is 1. The molecule has 2 rings (SSSR count). The Balaban J connectivity index is 2.90. The second-order valence-electron chi connectivity index (χ2n) is 3.23. The lowest BCUT2D eigenvalue weighted by Gasteiger charge is -2.06. The number of carbonyl (C=O) groups is 1. The van der Waals surface area contributed by atoms with Crippen LogP contribution in [0.15, 0.2) is 18.3 Å². The molecule has 0 radical (unpaired) electrons. The predicted molar refractivity (Wildman–Crippen MR) is 53.0 cm³/mol. The zero-order valence-electron chi connectivity index (χ0n) is 8.63. The van der Waals surface area contributed by atoms with Gasteiger partial charge in [0.1, 0.15) is 11.3 Å². The lowest BCUT2D eigenvalue weighted by atomic mass is 10.1. The van der Waals surface area contributed by atoms with Crippen molar-refractivity contribution in [2.75, 3.05) is 7.11 Å². The molecular formula is C11H6F3NO2. The minimum atomic E-state index is -1.36. The van der Waals surface area contributed by atoms with Crippen LogP contribution in [0, 0.1) is 17.5 Å². The molecule has 0 unspecified atom stereocenters. The highest BCUT2D eigenvalue weighted by atomic mass is 19.2. The average molecular weight is 241 g/mol. The number of carbonyl (C=O) groups excluding carboxylic acids is 1. The SMILES string of the molecule is COC(=O)c1ccnc2c(F)c(F)cc(F)c12. The van der Waals surface area contributed by atoms with Gasteiger partial charge in [-0.2, -0.15) is 0 Å². The summed E-state index contributed by atoms with van der Waals surface area (Å²) >= 11 is 0. The van der Waals surface area contributed by atoms with Gasteiger partial charge in [0.05, 0.1) is 18.1 Å². The van der Waals surface area contributed by atoms with Gasteiger partial charge in [-0.3, -0.25) is 4.98 Å². The minimum absolute atomic E-state index is 0.200. The molecule has 1 aromatic heterocycles. The molecule has 0 aliphatic carbocycles. The number of esters is 1. The molecule has 88 valence electrons. The first kappa shape index (κ1) is 11.4. The molecule has 0 bridgehead atoms. The molecule has 0 N–H and O–H groups in total. The minimum Gasteiger partial charge on any atom is -0.465 e. The molecule has 0 amide bonds. The fourth-order valence-electron chi connectivity index (χ4n) is 1.51. The fourth-order valence-corrected chi connectivity index (χ4v) is 1.51. The number of rotatable bonds is 1. The third-order valence-corrected chi connectivity index (χ3v) is 2.27. The maximum atomic E-state index is 13.5. The third-order valence-electron chi connectivity index (χ3n) is 2.27. The quantitative estimate of drug-likeness (QED) is 0.568. The number of aromatic nitrogens is 1. The van der Waals surface area contributed by atoms with Crippen molar-refractivity contribution in [2.45, 2.75) is 0 Å². The van der Waals surface area contributed by atoms with E-state index in [0.29, 0.717) is 6.07 Å². The summed E-state index contributed by atoms with van der Waals surface area (Å²) in [5.74, 6) is -4.56. The summed E-state index contributed by atoms with van der Waals surface area (Å²) < 4.78 is 44.3. The van der Waals surface area contributed by atoms with Crippen molar-refractivity contribution in [1.82, 2.24) is 4.98 Å². The zero-order chi connectivity index (χ0) is 12.6. The Kier molecular flexibility index (Phi) is 2.71. The summed E-state index contributed by atoms with van der Waals surface area (Å²) in [7, 11) is 1.10. The molecule has 17 heavy (non-hydrogen) atoms. The largest absolute Gasteiger partial charge is 0.465 e. The first-order valence-electron chi connectivity index (χ1n) is 4.56. The van der Waals surface area contributed by atoms with E-state index in [1.165, 1.54) is 6.07 Å². The fraction of sp³-hybridized carbons (Fsp3) is 0.0909. The molecule has 0 saturated carbocycles. The number of methoxy groups -OCH3 is 1. The number of benzene rings is 1. The first-order chi connectivity index (χ1) is 8.06. The summed E-state index contributed by atoms with van der Waals surface area (Å²) in [6, 6.07) is 1.54. The van der Waals surface area contributed by atoms with E-state index in [4.69, 9.17) is 0 Å². The van der Waals surface area contributed by atoms with Gasteiger partial charge in [-0.25, -0.2) is 18.0 Å². The van der Waals surface area contributed by atoms with Crippen molar-refractivity contribution < 1.29 is 22.7 Å². The van der Waals surface area contributed by atoms with E-state index in [2.05, 4.69) is 9.72 Å². The van der Waals surface area contributed by atoms with Gasteiger partial charge < -0.3 is 4.74 Å². The highest BCUT2D eigenvalue weighted by molar-refractivity contribution is 6.03. The van der Waals surface area contributed by atoms with Crippen LogP contribution < -0.4 is 0 Å². The molecule has 0 aliphatic rings. The first-order valence-corrected chi connectivity index (χ1v) is 4.56. The van der Waals surface area contributed by atoms with Gasteiger partial charge in [-0.05, 0) is 6.07 Å². The second kappa shape index (κ2) is 4.04. The summed E-state index contributed by atoms with van der Waals surface area (Å²) in [5, 5.41) is -0.391. The zero-order valence-corrected chi connectivity index (χ0v) is 8.63. The maximum Gasteiger partial charge on any atom is 0.338 e. The number of hydrogen-bond donors (Lipinski definition) is 0. The number of fused-ring (bicyclic) bond motifs is 1. The number of pyridine rings is 1. The molecule has 0 atom stereocenters. The van der Waals surface area contributed by atoms with Crippen LogP contribution in [-0.4, -0.2) is 18.1 Å². The normalized spacial score (nSPS) is 10.6. The van der Waals surface area contributed by atoms with Crippen LogP contribution in [0.5, 0.6) is 0 Å². The van der Waals surface area contributed by atoms with E-state index in [9.17, 15) is 18.0 Å². The Morgan fingerprint density at radius 2 is 2.00 bits per heavy atom. The molecule has 0 spiro atoms. The van der Waals surface area contributed by atoms with Crippen molar-refractivity contribution in [3.8, 4) is 0 Å². The molecular weight excluding hydrogens is 235 g/mol. The van der Waals surface area contributed by atoms with Crippen LogP contribution >= 0.6 is 0 Å². The summed E-state index contributed by atoms with van der Waals surface area (Å²) in [5.41, 5.74) is -0.737. The molecule has 0 fully saturated rings. The van der Waals surface area contributed by atoms with Gasteiger partial charge in [-0.15, -0.1) is 0 Å². The van der Waals surface area contributed by atoms with Gasteiger partial charge in [0.2, 0.25) is 0 Å². The molecule has 0 aliphatic heterocycles. The van der Waals surface area contributed by atoms with Crippen molar-refractivity contribution in [1.29, 1.82) is 0 Å². The summed E-state index contributed by atoms with van der Waals surface area (Å²) in [4.78, 5) is 14.9. The van der Waals surface area contributed by atoms with Gasteiger partial charge in [0.15, 0.2) is 11.6 Å². The number of halogens is 3. The van der Waals surface area contributed by atoms with Gasteiger partial charge in [0, 0.05) is 12.3 Å². The second-order valence-corrected chi connectivity index (χ2v) is 3.23. The lowest BCUT2D eigenvalue weighted by Crippen LogP contribution is -2.05. The van der Waals surface area contributed by atoms with E-state index in [1.807, 2.05) is 0 Å². The Morgan fingerprint density at radius 3 is 2.65 bits per heavy atom. The highest BCUT2D eigenvalue weighted by Crippen LogP contribution is 2.25.